The van der Waals surface area contributed by atoms with Crippen molar-refractivity contribution < 1.29 is 13.9 Å². The number of nitrogens with zero attached hydrogens (tertiary/aromatic N) is 2. The first-order valence-corrected chi connectivity index (χ1v) is 7.07. The zero-order valence-electron chi connectivity index (χ0n) is 11.9. The van der Waals surface area contributed by atoms with Crippen LogP contribution in [0.2, 0.25) is 0 Å². The van der Waals surface area contributed by atoms with Crippen LogP contribution in [0.3, 0.4) is 0 Å². The lowest BCUT2D eigenvalue weighted by Gasteiger charge is -2.37. The molecule has 0 aromatic heterocycles. The van der Waals surface area contributed by atoms with Gasteiger partial charge in [0, 0.05) is 25.2 Å². The van der Waals surface area contributed by atoms with Gasteiger partial charge < -0.3 is 10.0 Å². The van der Waals surface area contributed by atoms with Crippen LogP contribution in [-0.2, 0) is 6.54 Å². The van der Waals surface area contributed by atoms with Gasteiger partial charge in [-0.15, -0.1) is 0 Å². The van der Waals surface area contributed by atoms with Crippen LogP contribution in [0, 0.1) is 11.6 Å². The van der Waals surface area contributed by atoms with Gasteiger partial charge in [0.05, 0.1) is 6.61 Å². The lowest BCUT2D eigenvalue weighted by molar-refractivity contribution is 0.0940. The molecule has 1 fully saturated rings. The van der Waals surface area contributed by atoms with Gasteiger partial charge in [0.25, 0.3) is 0 Å². The van der Waals surface area contributed by atoms with Crippen molar-refractivity contribution in [2.45, 2.75) is 25.4 Å². The van der Waals surface area contributed by atoms with Gasteiger partial charge >= 0.3 is 0 Å². The summed E-state index contributed by atoms with van der Waals surface area (Å²) in [5.74, 6) is -1.10. The number of hydrogen-bond donors (Lipinski definition) is 1. The first-order valence-electron chi connectivity index (χ1n) is 7.07. The van der Waals surface area contributed by atoms with Crippen LogP contribution < -0.4 is 0 Å². The summed E-state index contributed by atoms with van der Waals surface area (Å²) in [5.41, 5.74) is 0.620. The highest BCUT2D eigenvalue weighted by atomic mass is 19.1. The van der Waals surface area contributed by atoms with E-state index in [1.807, 2.05) is 0 Å². The van der Waals surface area contributed by atoms with Crippen LogP contribution in [0.5, 0.6) is 0 Å². The van der Waals surface area contributed by atoms with E-state index in [2.05, 4.69) is 16.8 Å². The Kier molecular flexibility index (Phi) is 5.46. The third-order valence-corrected chi connectivity index (χ3v) is 3.90. The number of rotatable bonds is 5. The highest BCUT2D eigenvalue weighted by Gasteiger charge is 2.23. The lowest BCUT2D eigenvalue weighted by Crippen LogP contribution is -2.44. The average molecular weight is 284 g/mol. The largest absolute Gasteiger partial charge is 0.395 e. The van der Waals surface area contributed by atoms with Crippen molar-refractivity contribution in [2.75, 3.05) is 33.3 Å². The second-order valence-corrected chi connectivity index (χ2v) is 5.51. The first kappa shape index (κ1) is 15.4. The standard InChI is InChI=1S/C15H22F2N2O/c1-18-4-2-15(3-5-18)19(6-7-20)11-12-8-13(16)10-14(17)9-12/h8-10,15,20H,2-7,11H2,1H3. The Balaban J connectivity index is 2.04. The summed E-state index contributed by atoms with van der Waals surface area (Å²) in [7, 11) is 2.09. The summed E-state index contributed by atoms with van der Waals surface area (Å²) in [6, 6.07) is 3.98. The van der Waals surface area contributed by atoms with Gasteiger partial charge in [-0.3, -0.25) is 4.90 Å². The second kappa shape index (κ2) is 7.11. The Hall–Kier alpha value is -1.04. The van der Waals surface area contributed by atoms with E-state index in [4.69, 9.17) is 0 Å². The highest BCUT2D eigenvalue weighted by Crippen LogP contribution is 2.19. The Morgan fingerprint density at radius 3 is 2.35 bits per heavy atom. The van der Waals surface area contributed by atoms with Crippen molar-refractivity contribution in [3.63, 3.8) is 0 Å². The van der Waals surface area contributed by atoms with E-state index < -0.39 is 11.6 Å². The maximum Gasteiger partial charge on any atom is 0.126 e. The fraction of sp³-hybridized carbons (Fsp3) is 0.600. The Labute approximate surface area is 118 Å². The molecule has 20 heavy (non-hydrogen) atoms. The molecule has 112 valence electrons. The molecule has 0 aliphatic carbocycles. The second-order valence-electron chi connectivity index (χ2n) is 5.51. The van der Waals surface area contributed by atoms with Crippen molar-refractivity contribution in [3.05, 3.63) is 35.4 Å². The third kappa shape index (κ3) is 4.23. The number of likely N-dealkylation sites (tertiary alicyclic amines) is 1. The molecule has 0 amide bonds. The number of aliphatic hydroxyl groups excluding tert-OH is 1. The predicted molar refractivity (Wildman–Crippen MR) is 74.4 cm³/mol. The van der Waals surface area contributed by atoms with Crippen LogP contribution in [0.1, 0.15) is 18.4 Å². The van der Waals surface area contributed by atoms with Crippen molar-refractivity contribution in [1.29, 1.82) is 0 Å². The van der Waals surface area contributed by atoms with Crippen LogP contribution >= 0.6 is 0 Å². The minimum atomic E-state index is -0.549. The van der Waals surface area contributed by atoms with E-state index in [1.54, 1.807) is 0 Å². The predicted octanol–water partition coefficient (Wildman–Crippen LogP) is 1.85. The maximum absolute atomic E-state index is 13.2. The summed E-state index contributed by atoms with van der Waals surface area (Å²) >= 11 is 0. The van der Waals surface area contributed by atoms with Gasteiger partial charge in [-0.2, -0.15) is 0 Å². The van der Waals surface area contributed by atoms with Crippen LogP contribution in [0.15, 0.2) is 18.2 Å². The molecule has 3 nitrogen and oxygen atoms in total. The molecule has 1 aromatic carbocycles. The lowest BCUT2D eigenvalue weighted by atomic mass is 10.0. The molecule has 1 aliphatic rings. The Bertz CT molecular complexity index is 414. The van der Waals surface area contributed by atoms with Gasteiger partial charge in [-0.1, -0.05) is 0 Å². The number of piperidine rings is 1. The van der Waals surface area contributed by atoms with Gasteiger partial charge in [0.2, 0.25) is 0 Å². The molecule has 2 rings (SSSR count). The molecule has 1 N–H and O–H groups in total. The minimum absolute atomic E-state index is 0.0597. The Morgan fingerprint density at radius 2 is 1.80 bits per heavy atom. The number of hydrogen-bond acceptors (Lipinski definition) is 3. The van der Waals surface area contributed by atoms with E-state index >= 15 is 0 Å². The van der Waals surface area contributed by atoms with Crippen LogP contribution in [0.4, 0.5) is 8.78 Å². The summed E-state index contributed by atoms with van der Waals surface area (Å²) < 4.78 is 26.5. The van der Waals surface area contributed by atoms with Crippen molar-refractivity contribution in [3.8, 4) is 0 Å². The SMILES string of the molecule is CN1CCC(N(CCO)Cc2cc(F)cc(F)c2)CC1. The molecule has 0 bridgehead atoms. The molecule has 1 aliphatic heterocycles. The van der Waals surface area contributed by atoms with E-state index in [0.29, 0.717) is 24.7 Å². The minimum Gasteiger partial charge on any atom is -0.395 e. The van der Waals surface area contributed by atoms with Crippen molar-refractivity contribution in [2.24, 2.45) is 0 Å². The molecule has 0 unspecified atom stereocenters. The monoisotopic (exact) mass is 284 g/mol. The maximum atomic E-state index is 13.2. The zero-order valence-corrected chi connectivity index (χ0v) is 11.9. The normalized spacial score (nSPS) is 17.9. The van der Waals surface area contributed by atoms with E-state index in [-0.39, 0.29) is 6.61 Å². The summed E-state index contributed by atoms with van der Waals surface area (Å²) in [5, 5.41) is 9.21. The fourth-order valence-electron chi connectivity index (χ4n) is 2.82. The molecule has 0 radical (unpaired) electrons. The molecule has 1 saturated heterocycles. The van der Waals surface area contributed by atoms with Gasteiger partial charge in [-0.25, -0.2) is 8.78 Å². The number of benzene rings is 1. The molecule has 0 saturated carbocycles. The third-order valence-electron chi connectivity index (χ3n) is 3.90. The number of aliphatic hydroxyl groups is 1. The first-order chi connectivity index (χ1) is 9.58. The fourth-order valence-corrected chi connectivity index (χ4v) is 2.82. The summed E-state index contributed by atoms with van der Waals surface area (Å²) in [6.45, 7) is 3.11. The quantitative estimate of drug-likeness (QED) is 0.894. The topological polar surface area (TPSA) is 26.7 Å². The zero-order chi connectivity index (χ0) is 14.5. The van der Waals surface area contributed by atoms with E-state index in [0.717, 1.165) is 32.0 Å². The molecule has 1 aromatic rings. The highest BCUT2D eigenvalue weighted by molar-refractivity contribution is 5.18. The average Bonchev–Trinajstić information content (AvgIpc) is 2.38. The molecular formula is C15H22F2N2O. The smallest absolute Gasteiger partial charge is 0.126 e. The van der Waals surface area contributed by atoms with Gasteiger partial charge in [0.15, 0.2) is 0 Å². The van der Waals surface area contributed by atoms with Crippen LogP contribution in [0.25, 0.3) is 0 Å². The van der Waals surface area contributed by atoms with E-state index in [1.165, 1.54) is 12.1 Å². The van der Waals surface area contributed by atoms with Crippen molar-refractivity contribution >= 4 is 0 Å². The number of halogens is 2. The van der Waals surface area contributed by atoms with E-state index in [9.17, 15) is 13.9 Å². The molecule has 0 atom stereocenters. The molecule has 1 heterocycles. The molecule has 5 heteroatoms. The van der Waals surface area contributed by atoms with Crippen LogP contribution in [-0.4, -0.2) is 54.2 Å². The van der Waals surface area contributed by atoms with Gasteiger partial charge in [0.1, 0.15) is 11.6 Å². The summed E-state index contributed by atoms with van der Waals surface area (Å²) in [6.07, 6.45) is 2.04. The van der Waals surface area contributed by atoms with Crippen molar-refractivity contribution in [1.82, 2.24) is 9.80 Å². The van der Waals surface area contributed by atoms with Gasteiger partial charge in [-0.05, 0) is 50.7 Å². The summed E-state index contributed by atoms with van der Waals surface area (Å²) in [4.78, 5) is 4.40. The molecule has 0 spiro atoms. The molecular weight excluding hydrogens is 262 g/mol. The Morgan fingerprint density at radius 1 is 1.20 bits per heavy atom.